The van der Waals surface area contributed by atoms with Crippen LogP contribution in [-0.4, -0.2) is 75.7 Å². The lowest BCUT2D eigenvalue weighted by atomic mass is 9.79. The Balaban J connectivity index is 1.45. The normalized spacial score (nSPS) is 39.1. The van der Waals surface area contributed by atoms with E-state index in [1.807, 2.05) is 6.92 Å². The number of carbonyl (C=O) groups excluding carboxylic acids is 2. The van der Waals surface area contributed by atoms with E-state index in [2.05, 4.69) is 10.6 Å². The van der Waals surface area contributed by atoms with Gasteiger partial charge in [-0.3, -0.25) is 14.5 Å². The fourth-order valence-corrected chi connectivity index (χ4v) is 6.69. The third-order valence-electron chi connectivity index (χ3n) is 6.74. The van der Waals surface area contributed by atoms with Crippen LogP contribution in [0.15, 0.2) is 10.8 Å². The van der Waals surface area contributed by atoms with Crippen LogP contribution in [0, 0.1) is 17.8 Å². The molecule has 0 aliphatic carbocycles. The summed E-state index contributed by atoms with van der Waals surface area (Å²) in [5, 5.41) is 26.0. The predicted octanol–water partition coefficient (Wildman–Crippen LogP) is -0.365. The molecule has 0 bridgehead atoms. The highest BCUT2D eigenvalue weighted by Gasteiger charge is 2.60. The number of aliphatic hydroxyl groups excluding tert-OH is 1. The van der Waals surface area contributed by atoms with Gasteiger partial charge in [-0.25, -0.2) is 4.79 Å². The van der Waals surface area contributed by atoms with E-state index < -0.39 is 18.2 Å². The summed E-state index contributed by atoms with van der Waals surface area (Å²) in [6.45, 7) is 4.99. The van der Waals surface area contributed by atoms with Gasteiger partial charge in [0.05, 0.1) is 29.0 Å². The molecule has 4 aliphatic heterocycles. The van der Waals surface area contributed by atoms with Crippen molar-refractivity contribution in [2.75, 3.05) is 13.1 Å². The van der Waals surface area contributed by atoms with Gasteiger partial charge >= 0.3 is 6.16 Å². The van der Waals surface area contributed by atoms with Gasteiger partial charge in [-0.2, -0.15) is 0 Å². The molecule has 4 rings (SSSR count). The molecule has 8 atom stereocenters. The van der Waals surface area contributed by atoms with Crippen molar-refractivity contribution in [2.24, 2.45) is 23.5 Å². The van der Waals surface area contributed by atoms with Crippen LogP contribution >= 0.6 is 11.8 Å². The molecule has 3 saturated heterocycles. The van der Waals surface area contributed by atoms with Crippen molar-refractivity contribution in [3.63, 3.8) is 0 Å². The topological polar surface area (TPSA) is 154 Å². The van der Waals surface area contributed by atoms with Crippen LogP contribution in [0.2, 0.25) is 0 Å². The van der Waals surface area contributed by atoms with Crippen molar-refractivity contribution in [2.45, 2.75) is 56.2 Å². The number of carbonyl (C=O) groups is 3. The number of thioether (sulfide) groups is 1. The minimum atomic E-state index is -1.46. The van der Waals surface area contributed by atoms with E-state index in [0.717, 1.165) is 24.4 Å². The first-order valence-electron chi connectivity index (χ1n) is 10.3. The zero-order valence-corrected chi connectivity index (χ0v) is 17.7. The molecular formula is C19H28N4O6S. The summed E-state index contributed by atoms with van der Waals surface area (Å²) in [7, 11) is 0. The number of nitrogens with two attached hydrogens (primary N) is 1. The molecule has 2 amide bonds. The second kappa shape index (κ2) is 8.03. The Morgan fingerprint density at radius 3 is 2.63 bits per heavy atom. The third kappa shape index (κ3) is 3.57. The lowest BCUT2D eigenvalue weighted by molar-refractivity contribution is -0.163. The Morgan fingerprint density at radius 2 is 2.03 bits per heavy atom. The molecular weight excluding hydrogens is 412 g/mol. The molecule has 4 heterocycles. The van der Waals surface area contributed by atoms with Crippen molar-refractivity contribution in [3.8, 4) is 0 Å². The highest BCUT2D eigenvalue weighted by molar-refractivity contribution is 8.03. The number of nitrogens with one attached hydrogen (secondary N) is 2. The van der Waals surface area contributed by atoms with E-state index in [4.69, 9.17) is 10.5 Å². The molecule has 0 radical (unpaired) electrons. The van der Waals surface area contributed by atoms with Gasteiger partial charge in [0.25, 0.3) is 0 Å². The van der Waals surface area contributed by atoms with Gasteiger partial charge in [0, 0.05) is 30.3 Å². The minimum Gasteiger partial charge on any atom is -0.449 e. The number of hydrogen-bond acceptors (Lipinski definition) is 8. The number of amides is 2. The summed E-state index contributed by atoms with van der Waals surface area (Å²) < 4.78 is 5.02. The van der Waals surface area contributed by atoms with Gasteiger partial charge in [0.2, 0.25) is 17.7 Å². The van der Waals surface area contributed by atoms with Gasteiger partial charge in [0.15, 0.2) is 0 Å². The Kier molecular flexibility index (Phi) is 5.73. The van der Waals surface area contributed by atoms with Crippen LogP contribution in [0.3, 0.4) is 0 Å². The lowest BCUT2D eigenvalue weighted by Gasteiger charge is -2.45. The number of primary amides is 1. The third-order valence-corrected chi connectivity index (χ3v) is 8.24. The number of rotatable bonds is 6. The molecule has 0 saturated carbocycles. The predicted molar refractivity (Wildman–Crippen MR) is 108 cm³/mol. The van der Waals surface area contributed by atoms with Crippen LogP contribution in [0.5, 0.6) is 0 Å². The molecule has 166 valence electrons. The Bertz CT molecular complexity index is 789. The number of hydrogen-bond donors (Lipinski definition) is 5. The Labute approximate surface area is 178 Å². The van der Waals surface area contributed by atoms with E-state index >= 15 is 0 Å². The van der Waals surface area contributed by atoms with E-state index in [0.29, 0.717) is 12.3 Å². The molecule has 0 aromatic carbocycles. The van der Waals surface area contributed by atoms with Gasteiger partial charge in [-0.15, -0.1) is 11.8 Å². The van der Waals surface area contributed by atoms with Gasteiger partial charge < -0.3 is 31.3 Å². The van der Waals surface area contributed by atoms with Gasteiger partial charge in [0.1, 0.15) is 0 Å². The summed E-state index contributed by atoms with van der Waals surface area (Å²) in [5.74, 6) is -0.900. The Hall–Kier alpha value is -1.82. The summed E-state index contributed by atoms with van der Waals surface area (Å²) in [6, 6.07) is -0.331. The maximum Gasteiger partial charge on any atom is 0.512 e. The van der Waals surface area contributed by atoms with E-state index in [1.54, 1.807) is 18.7 Å². The standard InChI is InChI=1S/C19H28N4O6S/c1-7-14-13(8(2)24)17(26)23(14)18(29-19(27)28)15(7)30-10-4-11(22-6-10)9-3-12(16(20)25)21-5-9/h7-14,21-22,24H,3-6H2,1-2H3,(H2,20,25)(H,27,28)/t7-,8-,9?,10+,11+,12?,13-,14-/m1/s1. The average Bonchev–Trinajstić information content (AvgIpc) is 3.34. The molecule has 0 aromatic rings. The van der Waals surface area contributed by atoms with Crippen molar-refractivity contribution in [1.29, 1.82) is 0 Å². The van der Waals surface area contributed by atoms with Crippen molar-refractivity contribution in [1.82, 2.24) is 15.5 Å². The summed E-state index contributed by atoms with van der Waals surface area (Å²) in [6.07, 6.45) is -0.696. The molecule has 4 aliphatic rings. The van der Waals surface area contributed by atoms with Crippen molar-refractivity contribution >= 4 is 29.7 Å². The highest BCUT2D eigenvalue weighted by atomic mass is 32.2. The molecule has 30 heavy (non-hydrogen) atoms. The number of fused-ring (bicyclic) bond motifs is 1. The first-order chi connectivity index (χ1) is 14.2. The molecule has 11 heteroatoms. The van der Waals surface area contributed by atoms with Crippen LogP contribution in [0.4, 0.5) is 4.79 Å². The number of β-lactam (4-membered cyclic amide) rings is 1. The molecule has 10 nitrogen and oxygen atoms in total. The average molecular weight is 441 g/mol. The van der Waals surface area contributed by atoms with Crippen LogP contribution in [0.25, 0.3) is 0 Å². The fraction of sp³-hybridized carbons (Fsp3) is 0.737. The number of aliphatic hydroxyl groups is 1. The molecule has 0 spiro atoms. The summed E-state index contributed by atoms with van der Waals surface area (Å²) in [4.78, 5) is 37.3. The van der Waals surface area contributed by atoms with Crippen LogP contribution < -0.4 is 16.4 Å². The first kappa shape index (κ1) is 21.4. The quantitative estimate of drug-likeness (QED) is 0.275. The van der Waals surface area contributed by atoms with Crippen molar-refractivity contribution < 1.29 is 29.3 Å². The molecule has 3 fully saturated rings. The van der Waals surface area contributed by atoms with Crippen LogP contribution in [-0.2, 0) is 14.3 Å². The smallest absolute Gasteiger partial charge is 0.449 e. The second-order valence-corrected chi connectivity index (χ2v) is 9.98. The fourth-order valence-electron chi connectivity index (χ4n) is 5.25. The largest absolute Gasteiger partial charge is 0.512 e. The zero-order chi connectivity index (χ0) is 21.7. The number of nitrogens with zero attached hydrogens (tertiary/aromatic N) is 1. The van der Waals surface area contributed by atoms with E-state index in [-0.39, 0.29) is 47.0 Å². The van der Waals surface area contributed by atoms with Crippen LogP contribution in [0.1, 0.15) is 26.7 Å². The Morgan fingerprint density at radius 1 is 1.30 bits per heavy atom. The molecule has 0 aromatic heterocycles. The van der Waals surface area contributed by atoms with E-state index in [1.165, 1.54) is 4.90 Å². The monoisotopic (exact) mass is 440 g/mol. The van der Waals surface area contributed by atoms with E-state index in [9.17, 15) is 24.6 Å². The molecule has 2 unspecified atom stereocenters. The lowest BCUT2D eigenvalue weighted by Crippen LogP contribution is -2.63. The highest BCUT2D eigenvalue weighted by Crippen LogP contribution is 2.52. The first-order valence-corrected chi connectivity index (χ1v) is 11.2. The second-order valence-electron chi connectivity index (χ2n) is 8.64. The maximum absolute atomic E-state index is 12.5. The van der Waals surface area contributed by atoms with Gasteiger partial charge in [-0.1, -0.05) is 6.92 Å². The van der Waals surface area contributed by atoms with Gasteiger partial charge in [-0.05, 0) is 25.7 Å². The molecule has 6 N–H and O–H groups in total. The zero-order valence-electron chi connectivity index (χ0n) is 16.9. The SMILES string of the molecule is C[C@@H](O)[C@H]1C(=O)N2C(OC(=O)O)=C(S[C@@H]3CN[C@H](C4CNC(C(N)=O)C4)C3)[C@H](C)[C@H]12. The maximum atomic E-state index is 12.5. The minimum absolute atomic E-state index is 0.0895. The number of carboxylic acid groups (broad SMARTS) is 1. The number of ether oxygens (including phenoxy) is 1. The summed E-state index contributed by atoms with van der Waals surface area (Å²) in [5.41, 5.74) is 5.40. The summed E-state index contributed by atoms with van der Waals surface area (Å²) >= 11 is 1.55. The van der Waals surface area contributed by atoms with Crippen molar-refractivity contribution in [3.05, 3.63) is 10.8 Å².